The van der Waals surface area contributed by atoms with Crippen LogP contribution >= 0.6 is 11.8 Å². The Morgan fingerprint density at radius 2 is 2.20 bits per heavy atom. The molecular formula is C8H16OS. The fourth-order valence-electron chi connectivity index (χ4n) is 1.04. The molecule has 60 valence electrons. The lowest BCUT2D eigenvalue weighted by Crippen LogP contribution is -2.14. The monoisotopic (exact) mass is 160 g/mol. The predicted molar refractivity (Wildman–Crippen MR) is 46.3 cm³/mol. The molecule has 0 aromatic rings. The summed E-state index contributed by atoms with van der Waals surface area (Å²) in [6.07, 6.45) is 2.57. The zero-order valence-electron chi connectivity index (χ0n) is 6.80. The summed E-state index contributed by atoms with van der Waals surface area (Å²) in [6, 6.07) is 0. The maximum atomic E-state index is 5.63. The lowest BCUT2D eigenvalue weighted by molar-refractivity contribution is 0.0856. The average molecular weight is 160 g/mol. The van der Waals surface area contributed by atoms with Gasteiger partial charge in [0.25, 0.3) is 0 Å². The second kappa shape index (κ2) is 4.24. The third-order valence-corrected chi connectivity index (χ3v) is 3.18. The SMILES string of the molecule is CC(C)[C@@H]1OCCCCS1. The molecule has 10 heavy (non-hydrogen) atoms. The van der Waals surface area contributed by atoms with Crippen LogP contribution in [0.4, 0.5) is 0 Å². The lowest BCUT2D eigenvalue weighted by Gasteiger charge is -2.17. The van der Waals surface area contributed by atoms with Crippen LogP contribution in [0, 0.1) is 5.92 Å². The van der Waals surface area contributed by atoms with Gasteiger partial charge in [-0.3, -0.25) is 0 Å². The van der Waals surface area contributed by atoms with E-state index in [1.54, 1.807) is 0 Å². The second-order valence-corrected chi connectivity index (χ2v) is 4.27. The largest absolute Gasteiger partial charge is 0.367 e. The molecule has 1 fully saturated rings. The molecule has 0 spiro atoms. The van der Waals surface area contributed by atoms with Crippen molar-refractivity contribution in [3.63, 3.8) is 0 Å². The summed E-state index contributed by atoms with van der Waals surface area (Å²) in [5, 5.41) is 0. The van der Waals surface area contributed by atoms with Gasteiger partial charge in [0.1, 0.15) is 5.44 Å². The summed E-state index contributed by atoms with van der Waals surface area (Å²) < 4.78 is 5.63. The first-order chi connectivity index (χ1) is 4.80. The van der Waals surface area contributed by atoms with Gasteiger partial charge >= 0.3 is 0 Å². The quantitative estimate of drug-likeness (QED) is 0.583. The minimum atomic E-state index is 0.461. The zero-order chi connectivity index (χ0) is 7.40. The van der Waals surface area contributed by atoms with Gasteiger partial charge in [-0.15, -0.1) is 11.8 Å². The van der Waals surface area contributed by atoms with Gasteiger partial charge in [-0.25, -0.2) is 0 Å². The third-order valence-electron chi connectivity index (χ3n) is 1.65. The molecular weight excluding hydrogens is 144 g/mol. The molecule has 1 nitrogen and oxygen atoms in total. The molecule has 1 saturated heterocycles. The predicted octanol–water partition coefficient (Wildman–Crippen LogP) is 2.51. The molecule has 0 saturated carbocycles. The van der Waals surface area contributed by atoms with Crippen LogP contribution in [-0.4, -0.2) is 17.8 Å². The molecule has 0 unspecified atom stereocenters. The van der Waals surface area contributed by atoms with Crippen LogP contribution in [0.15, 0.2) is 0 Å². The Labute approximate surface area is 67.5 Å². The summed E-state index contributed by atoms with van der Waals surface area (Å²) in [4.78, 5) is 0. The number of thioether (sulfide) groups is 1. The molecule has 2 heteroatoms. The van der Waals surface area contributed by atoms with Gasteiger partial charge in [0.05, 0.1) is 0 Å². The van der Waals surface area contributed by atoms with Crippen molar-refractivity contribution < 1.29 is 4.74 Å². The molecule has 0 radical (unpaired) electrons. The Bertz CT molecular complexity index is 85.3. The lowest BCUT2D eigenvalue weighted by atomic mass is 10.2. The maximum absolute atomic E-state index is 5.63. The zero-order valence-corrected chi connectivity index (χ0v) is 7.62. The number of hydrogen-bond acceptors (Lipinski definition) is 2. The van der Waals surface area contributed by atoms with Gasteiger partial charge in [0.15, 0.2) is 0 Å². The van der Waals surface area contributed by atoms with Crippen molar-refractivity contribution in [3.05, 3.63) is 0 Å². The minimum absolute atomic E-state index is 0.461. The van der Waals surface area contributed by atoms with E-state index >= 15 is 0 Å². The summed E-state index contributed by atoms with van der Waals surface area (Å²) >= 11 is 1.97. The van der Waals surface area contributed by atoms with Crippen LogP contribution in [0.25, 0.3) is 0 Å². The summed E-state index contributed by atoms with van der Waals surface area (Å²) in [7, 11) is 0. The first kappa shape index (κ1) is 8.41. The Morgan fingerprint density at radius 1 is 1.40 bits per heavy atom. The molecule has 1 rings (SSSR count). The van der Waals surface area contributed by atoms with E-state index in [9.17, 15) is 0 Å². The summed E-state index contributed by atoms with van der Waals surface area (Å²) in [5.41, 5.74) is 0.461. The van der Waals surface area contributed by atoms with Crippen molar-refractivity contribution in [2.24, 2.45) is 5.92 Å². The van der Waals surface area contributed by atoms with E-state index in [-0.39, 0.29) is 0 Å². The van der Waals surface area contributed by atoms with E-state index in [1.807, 2.05) is 11.8 Å². The van der Waals surface area contributed by atoms with Crippen molar-refractivity contribution in [1.29, 1.82) is 0 Å². The van der Waals surface area contributed by atoms with E-state index < -0.39 is 0 Å². The van der Waals surface area contributed by atoms with Crippen LogP contribution in [0.3, 0.4) is 0 Å². The first-order valence-electron chi connectivity index (χ1n) is 4.04. The minimum Gasteiger partial charge on any atom is -0.367 e. The third kappa shape index (κ3) is 2.51. The Kier molecular flexibility index (Phi) is 3.57. The summed E-state index contributed by atoms with van der Waals surface area (Å²) in [5.74, 6) is 1.95. The highest BCUT2D eigenvalue weighted by molar-refractivity contribution is 7.99. The van der Waals surface area contributed by atoms with E-state index in [1.165, 1.54) is 18.6 Å². The van der Waals surface area contributed by atoms with Crippen molar-refractivity contribution in [2.75, 3.05) is 12.4 Å². The van der Waals surface area contributed by atoms with Gasteiger partial charge in [-0.05, 0) is 24.5 Å². The highest BCUT2D eigenvalue weighted by Gasteiger charge is 2.15. The molecule has 0 N–H and O–H groups in total. The second-order valence-electron chi connectivity index (χ2n) is 3.06. The van der Waals surface area contributed by atoms with Gasteiger partial charge in [0.2, 0.25) is 0 Å². The molecule has 0 bridgehead atoms. The summed E-state index contributed by atoms with van der Waals surface area (Å²) in [6.45, 7) is 5.42. The van der Waals surface area contributed by atoms with Crippen molar-refractivity contribution >= 4 is 11.8 Å². The topological polar surface area (TPSA) is 9.23 Å². The highest BCUT2D eigenvalue weighted by atomic mass is 32.2. The Hall–Kier alpha value is 0.310. The Morgan fingerprint density at radius 3 is 2.90 bits per heavy atom. The van der Waals surface area contributed by atoms with Gasteiger partial charge < -0.3 is 4.74 Å². The van der Waals surface area contributed by atoms with E-state index in [4.69, 9.17) is 4.74 Å². The van der Waals surface area contributed by atoms with E-state index in [0.717, 1.165) is 6.61 Å². The van der Waals surface area contributed by atoms with Crippen molar-refractivity contribution in [1.82, 2.24) is 0 Å². The molecule has 0 amide bonds. The first-order valence-corrected chi connectivity index (χ1v) is 5.09. The molecule has 1 atom stereocenters. The molecule has 1 heterocycles. The van der Waals surface area contributed by atoms with Crippen molar-refractivity contribution in [3.8, 4) is 0 Å². The molecule has 1 aliphatic heterocycles. The van der Waals surface area contributed by atoms with Crippen LogP contribution in [-0.2, 0) is 4.74 Å². The highest BCUT2D eigenvalue weighted by Crippen LogP contribution is 2.24. The maximum Gasteiger partial charge on any atom is 0.105 e. The average Bonchev–Trinajstić information content (AvgIpc) is 2.12. The number of hydrogen-bond donors (Lipinski definition) is 0. The van der Waals surface area contributed by atoms with Gasteiger partial charge in [0, 0.05) is 6.61 Å². The van der Waals surface area contributed by atoms with Gasteiger partial charge in [-0.1, -0.05) is 13.8 Å². The molecule has 0 aromatic heterocycles. The molecule has 1 aliphatic rings. The normalized spacial score (nSPS) is 28.5. The standard InChI is InChI=1S/C8H16OS/c1-7(2)8-9-5-3-4-6-10-8/h7-8H,3-6H2,1-2H3/t8-/m1/s1. The smallest absolute Gasteiger partial charge is 0.105 e. The van der Waals surface area contributed by atoms with E-state index in [2.05, 4.69) is 13.8 Å². The van der Waals surface area contributed by atoms with Crippen LogP contribution in [0.2, 0.25) is 0 Å². The number of ether oxygens (including phenoxy) is 1. The van der Waals surface area contributed by atoms with Crippen LogP contribution < -0.4 is 0 Å². The fourth-order valence-corrected chi connectivity index (χ4v) is 2.22. The Balaban J connectivity index is 2.28. The van der Waals surface area contributed by atoms with E-state index in [0.29, 0.717) is 11.4 Å². The van der Waals surface area contributed by atoms with Crippen LogP contribution in [0.1, 0.15) is 26.7 Å². The molecule has 0 aliphatic carbocycles. The fraction of sp³-hybridized carbons (Fsp3) is 1.00. The molecule has 0 aromatic carbocycles. The van der Waals surface area contributed by atoms with Crippen LogP contribution in [0.5, 0.6) is 0 Å². The number of rotatable bonds is 1. The van der Waals surface area contributed by atoms with Gasteiger partial charge in [-0.2, -0.15) is 0 Å². The van der Waals surface area contributed by atoms with Crippen molar-refractivity contribution in [2.45, 2.75) is 32.1 Å².